The molecule has 4 atom stereocenters. The van der Waals surface area contributed by atoms with Gasteiger partial charge in [0.1, 0.15) is 18.3 Å². The summed E-state index contributed by atoms with van der Waals surface area (Å²) in [5.41, 5.74) is -0.712. The van der Waals surface area contributed by atoms with Gasteiger partial charge >= 0.3 is 17.9 Å². The van der Waals surface area contributed by atoms with Crippen LogP contribution in [0.5, 0.6) is 0 Å². The minimum Gasteiger partial charge on any atom is -0.457 e. The molecule has 0 N–H and O–H groups in total. The lowest BCUT2D eigenvalue weighted by molar-refractivity contribution is -0.232. The first-order valence-corrected chi connectivity index (χ1v) is 23.6. The van der Waals surface area contributed by atoms with Crippen LogP contribution in [0.25, 0.3) is 0 Å². The third-order valence-corrected chi connectivity index (χ3v) is 16.3. The van der Waals surface area contributed by atoms with Gasteiger partial charge in [-0.05, 0) is 112 Å². The molecule has 3 aromatic rings. The third kappa shape index (κ3) is 8.81. The molecule has 2 spiro atoms. The molecule has 322 valence electrons. The normalized spacial score (nSPS) is 31.7. The van der Waals surface area contributed by atoms with Crippen molar-refractivity contribution in [3.8, 4) is 0 Å². The van der Waals surface area contributed by atoms with Crippen molar-refractivity contribution in [3.63, 3.8) is 0 Å². The largest absolute Gasteiger partial charge is 0.457 e. The number of carbonyl (C=O) groups excluding carboxylic acids is 2. The average Bonchev–Trinajstić information content (AvgIpc) is 3.86. The molecule has 4 bridgehead atoms. The summed E-state index contributed by atoms with van der Waals surface area (Å²) in [5.74, 6) is -6.45. The Kier molecular flexibility index (Phi) is 12.2. The molecular formula is C49H59F2O8S+. The number of alkyl halides is 2. The molecule has 3 aromatic carbocycles. The Morgan fingerprint density at radius 1 is 0.667 bits per heavy atom. The second-order valence-corrected chi connectivity index (χ2v) is 20.5. The summed E-state index contributed by atoms with van der Waals surface area (Å²) in [7, 11) is -0.0146. The predicted octanol–water partition coefficient (Wildman–Crippen LogP) is 10.2. The van der Waals surface area contributed by atoms with Gasteiger partial charge in [0.25, 0.3) is 0 Å². The first-order valence-electron chi connectivity index (χ1n) is 22.4. The summed E-state index contributed by atoms with van der Waals surface area (Å²) in [6.45, 7) is 1.26. The van der Waals surface area contributed by atoms with Gasteiger partial charge in [-0.2, -0.15) is 8.78 Å². The molecule has 8 nitrogen and oxygen atoms in total. The van der Waals surface area contributed by atoms with Crippen LogP contribution in [0.3, 0.4) is 0 Å². The monoisotopic (exact) mass is 845 g/mol. The fourth-order valence-corrected chi connectivity index (χ4v) is 13.7. The maximum absolute atomic E-state index is 14.2. The van der Waals surface area contributed by atoms with E-state index in [1.807, 2.05) is 0 Å². The fourth-order valence-electron chi connectivity index (χ4n) is 11.5. The third-order valence-electron chi connectivity index (χ3n) is 14.1. The highest BCUT2D eigenvalue weighted by molar-refractivity contribution is 7.97. The van der Waals surface area contributed by atoms with Gasteiger partial charge in [0.15, 0.2) is 32.4 Å². The molecule has 2 saturated heterocycles. The van der Waals surface area contributed by atoms with Crippen molar-refractivity contribution in [1.82, 2.24) is 0 Å². The number of carbonyl (C=O) groups is 2. The second kappa shape index (κ2) is 17.4. The van der Waals surface area contributed by atoms with E-state index in [9.17, 15) is 18.4 Å². The number of ether oxygens (including phenoxy) is 6. The van der Waals surface area contributed by atoms with Gasteiger partial charge < -0.3 is 28.4 Å². The van der Waals surface area contributed by atoms with Gasteiger partial charge in [-0.3, -0.25) is 4.79 Å². The molecule has 11 rings (SSSR count). The number of hydrogen-bond acceptors (Lipinski definition) is 8. The van der Waals surface area contributed by atoms with Crippen LogP contribution in [0.15, 0.2) is 106 Å². The van der Waals surface area contributed by atoms with Crippen molar-refractivity contribution in [2.24, 2.45) is 23.2 Å². The quantitative estimate of drug-likeness (QED) is 0.155. The van der Waals surface area contributed by atoms with E-state index < -0.39 is 53.3 Å². The van der Waals surface area contributed by atoms with Gasteiger partial charge in [0.2, 0.25) is 0 Å². The van der Waals surface area contributed by atoms with E-state index in [-0.39, 0.29) is 28.7 Å². The molecule has 2 heterocycles. The molecule has 6 saturated carbocycles. The number of halogens is 2. The minimum absolute atomic E-state index is 0.0146. The molecular weight excluding hydrogens is 787 g/mol. The van der Waals surface area contributed by atoms with Crippen molar-refractivity contribution in [1.29, 1.82) is 0 Å². The summed E-state index contributed by atoms with van der Waals surface area (Å²) in [6, 6.07) is 32.2. The van der Waals surface area contributed by atoms with Crippen molar-refractivity contribution in [3.05, 3.63) is 91.0 Å². The standard InChI is InChI=1S/C31H44F2O8.C18H15S/c1-28(32,33)26(34)38-24-20-12-19-13-21(24)16-29(14-19,15-20)27(35)39-25(22-17-36-30(40-22)8-4-2-5-9-30)23-18-37-31(41-23)10-6-3-7-11-31;1-4-10-16(11-5-1)19(17-12-6-2-7-13-17)18-14-8-3-9-15-18/h19-25H,2-18H2,1H3;1-15H/q;+1. The van der Waals surface area contributed by atoms with Crippen molar-refractivity contribution >= 4 is 22.8 Å². The van der Waals surface area contributed by atoms with E-state index >= 15 is 0 Å². The fraction of sp³-hybridized carbons (Fsp3) is 0.592. The Morgan fingerprint density at radius 2 is 1.10 bits per heavy atom. The van der Waals surface area contributed by atoms with E-state index in [1.165, 1.54) is 14.7 Å². The molecule has 4 unspecified atom stereocenters. The average molecular weight is 846 g/mol. The maximum Gasteiger partial charge on any atom is 0.376 e. The van der Waals surface area contributed by atoms with Crippen LogP contribution >= 0.6 is 0 Å². The Bertz CT molecular complexity index is 1770. The lowest BCUT2D eigenvalue weighted by Gasteiger charge is -2.58. The van der Waals surface area contributed by atoms with Crippen LogP contribution in [0.1, 0.15) is 103 Å². The van der Waals surface area contributed by atoms with Crippen LogP contribution in [-0.2, 0) is 48.9 Å². The highest BCUT2D eigenvalue weighted by atomic mass is 32.2. The summed E-state index contributed by atoms with van der Waals surface area (Å²) < 4.78 is 64.8. The number of esters is 2. The Balaban J connectivity index is 0.000000203. The summed E-state index contributed by atoms with van der Waals surface area (Å²) >= 11 is 0. The van der Waals surface area contributed by atoms with Crippen LogP contribution in [-0.4, -0.2) is 67.1 Å². The molecule has 8 fully saturated rings. The van der Waals surface area contributed by atoms with Crippen LogP contribution < -0.4 is 0 Å². The highest BCUT2D eigenvalue weighted by Gasteiger charge is 2.62. The van der Waals surface area contributed by atoms with Gasteiger partial charge in [-0.15, -0.1) is 0 Å². The lowest BCUT2D eigenvalue weighted by Crippen LogP contribution is -2.59. The first-order chi connectivity index (χ1) is 29.0. The van der Waals surface area contributed by atoms with Crippen molar-refractivity contribution in [2.45, 2.75) is 160 Å². The highest BCUT2D eigenvalue weighted by Crippen LogP contribution is 2.61. The molecule has 0 aromatic heterocycles. The first kappa shape index (κ1) is 42.0. The molecule has 6 aliphatic carbocycles. The van der Waals surface area contributed by atoms with E-state index in [2.05, 4.69) is 91.0 Å². The Morgan fingerprint density at radius 3 is 1.52 bits per heavy atom. The lowest BCUT2D eigenvalue weighted by atomic mass is 9.48. The number of rotatable bonds is 9. The van der Waals surface area contributed by atoms with Gasteiger partial charge in [-0.1, -0.05) is 67.4 Å². The van der Waals surface area contributed by atoms with E-state index in [1.54, 1.807) is 0 Å². The van der Waals surface area contributed by atoms with Crippen LogP contribution in [0.2, 0.25) is 0 Å². The summed E-state index contributed by atoms with van der Waals surface area (Å²) in [5, 5.41) is 0. The Hall–Kier alpha value is -3.35. The van der Waals surface area contributed by atoms with Crippen molar-refractivity contribution in [2.75, 3.05) is 13.2 Å². The van der Waals surface area contributed by atoms with Gasteiger partial charge in [0.05, 0.1) is 29.5 Å². The van der Waals surface area contributed by atoms with Gasteiger partial charge in [0, 0.05) is 32.6 Å². The number of benzene rings is 3. The van der Waals surface area contributed by atoms with Gasteiger partial charge in [-0.25, -0.2) is 4.79 Å². The number of hydrogen-bond donors (Lipinski definition) is 0. The SMILES string of the molecule is CC(F)(F)C(=O)OC1C2CC3CC1CC(C(=O)OC(C1COC4(CCCCC4)O1)C1COC4(CCCCC4)O1)(C3)C2.c1ccc([S+](c2ccccc2)c2ccccc2)cc1. The molecule has 0 amide bonds. The second-order valence-electron chi connectivity index (χ2n) is 18.5. The summed E-state index contributed by atoms with van der Waals surface area (Å²) in [6.07, 6.45) is 11.0. The molecule has 8 aliphatic rings. The topological polar surface area (TPSA) is 89.5 Å². The van der Waals surface area contributed by atoms with Crippen LogP contribution in [0.4, 0.5) is 8.78 Å². The zero-order chi connectivity index (χ0) is 41.4. The zero-order valence-corrected chi connectivity index (χ0v) is 35.5. The predicted molar refractivity (Wildman–Crippen MR) is 221 cm³/mol. The smallest absolute Gasteiger partial charge is 0.376 e. The van der Waals surface area contributed by atoms with E-state index in [4.69, 9.17) is 28.4 Å². The minimum atomic E-state index is -3.53. The van der Waals surface area contributed by atoms with E-state index in [0.29, 0.717) is 45.3 Å². The maximum atomic E-state index is 14.2. The molecule has 11 heteroatoms. The zero-order valence-electron chi connectivity index (χ0n) is 34.7. The molecule has 0 radical (unpaired) electrons. The van der Waals surface area contributed by atoms with Crippen molar-refractivity contribution < 1.29 is 46.8 Å². The van der Waals surface area contributed by atoms with E-state index in [0.717, 1.165) is 77.0 Å². The van der Waals surface area contributed by atoms with Crippen LogP contribution in [0, 0.1) is 23.2 Å². The summed E-state index contributed by atoms with van der Waals surface area (Å²) in [4.78, 5) is 30.3. The molecule has 2 aliphatic heterocycles. The molecule has 60 heavy (non-hydrogen) atoms. The Labute approximate surface area is 355 Å².